The molecule has 0 radical (unpaired) electrons. The molecule has 1 amide bonds. The van der Waals surface area contributed by atoms with E-state index in [2.05, 4.69) is 20.4 Å². The second-order valence-electron chi connectivity index (χ2n) is 6.77. The van der Waals surface area contributed by atoms with Crippen molar-refractivity contribution in [3.63, 3.8) is 0 Å². The number of nitrogens with zero attached hydrogens (tertiary/aromatic N) is 2. The van der Waals surface area contributed by atoms with Gasteiger partial charge in [0.05, 0.1) is 5.69 Å². The first-order chi connectivity index (χ1) is 13.2. The maximum Gasteiger partial charge on any atom is 0.251 e. The van der Waals surface area contributed by atoms with Crippen molar-refractivity contribution in [1.29, 1.82) is 0 Å². The van der Waals surface area contributed by atoms with E-state index in [4.69, 9.17) is 0 Å². The van der Waals surface area contributed by atoms with E-state index in [0.29, 0.717) is 12.1 Å². The Balaban J connectivity index is 1.42. The zero-order chi connectivity index (χ0) is 18.6. The average molecular weight is 364 g/mol. The molecule has 27 heavy (non-hydrogen) atoms. The van der Waals surface area contributed by atoms with Crippen molar-refractivity contribution in [3.8, 4) is 11.3 Å². The summed E-state index contributed by atoms with van der Waals surface area (Å²) in [7, 11) is 0. The van der Waals surface area contributed by atoms with Crippen molar-refractivity contribution in [2.24, 2.45) is 0 Å². The van der Waals surface area contributed by atoms with Crippen LogP contribution >= 0.6 is 0 Å². The van der Waals surface area contributed by atoms with Crippen LogP contribution in [0.4, 0.5) is 10.2 Å². The number of carbonyl (C=O) groups is 1. The zero-order valence-corrected chi connectivity index (χ0v) is 14.9. The number of benzene rings is 2. The highest BCUT2D eigenvalue weighted by molar-refractivity contribution is 5.94. The largest absolute Gasteiger partial charge is 0.353 e. The lowest BCUT2D eigenvalue weighted by atomic mass is 10.0. The standard InChI is InChI=1S/C21H21FN4O/c22-17-10-8-15(9-11-17)19-13-20(25-24-19)26-12-4-7-18(14-26)23-21(27)16-5-2-1-3-6-16/h1-3,5-6,8-11,13,18H,4,7,12,14H2,(H,23,27)(H,24,25). The number of rotatable bonds is 4. The quantitative estimate of drug-likeness (QED) is 0.743. The first-order valence-corrected chi connectivity index (χ1v) is 9.11. The summed E-state index contributed by atoms with van der Waals surface area (Å²) in [5.74, 6) is 0.538. The van der Waals surface area contributed by atoms with Crippen molar-refractivity contribution >= 4 is 11.7 Å². The summed E-state index contributed by atoms with van der Waals surface area (Å²) in [6.45, 7) is 1.61. The average Bonchev–Trinajstić information content (AvgIpc) is 3.20. The monoisotopic (exact) mass is 364 g/mol. The number of aromatic amines is 1. The highest BCUT2D eigenvalue weighted by Crippen LogP contribution is 2.24. The lowest BCUT2D eigenvalue weighted by Gasteiger charge is -2.33. The molecule has 4 rings (SSSR count). The molecule has 0 spiro atoms. The molecule has 2 N–H and O–H groups in total. The van der Waals surface area contributed by atoms with E-state index in [1.807, 2.05) is 36.4 Å². The number of halogens is 1. The molecule has 1 atom stereocenters. The SMILES string of the molecule is O=C(NC1CCCN(c2cc(-c3ccc(F)cc3)[nH]n2)C1)c1ccccc1. The van der Waals surface area contributed by atoms with Crippen molar-refractivity contribution in [2.75, 3.05) is 18.0 Å². The topological polar surface area (TPSA) is 61.0 Å². The Bertz CT molecular complexity index is 907. The van der Waals surface area contributed by atoms with Crippen molar-refractivity contribution in [3.05, 3.63) is 72.0 Å². The number of piperidine rings is 1. The molecule has 0 bridgehead atoms. The number of hydrogen-bond donors (Lipinski definition) is 2. The van der Waals surface area contributed by atoms with E-state index in [-0.39, 0.29) is 17.8 Å². The van der Waals surface area contributed by atoms with E-state index >= 15 is 0 Å². The van der Waals surface area contributed by atoms with Gasteiger partial charge in [-0.05, 0) is 54.8 Å². The molecule has 1 saturated heterocycles. The molecule has 1 aliphatic rings. The van der Waals surface area contributed by atoms with Gasteiger partial charge >= 0.3 is 0 Å². The number of H-pyrrole nitrogens is 1. The number of hydrogen-bond acceptors (Lipinski definition) is 3. The van der Waals surface area contributed by atoms with Crippen LogP contribution in [0.25, 0.3) is 11.3 Å². The summed E-state index contributed by atoms with van der Waals surface area (Å²) in [4.78, 5) is 14.6. The fourth-order valence-corrected chi connectivity index (χ4v) is 3.41. The van der Waals surface area contributed by atoms with Crippen LogP contribution in [0.1, 0.15) is 23.2 Å². The van der Waals surface area contributed by atoms with Gasteiger partial charge in [-0.25, -0.2) is 4.39 Å². The maximum absolute atomic E-state index is 13.1. The minimum Gasteiger partial charge on any atom is -0.353 e. The van der Waals surface area contributed by atoms with Crippen molar-refractivity contribution in [1.82, 2.24) is 15.5 Å². The van der Waals surface area contributed by atoms with E-state index in [1.54, 1.807) is 12.1 Å². The Morgan fingerprint density at radius 3 is 2.70 bits per heavy atom. The van der Waals surface area contributed by atoms with Gasteiger partial charge in [-0.1, -0.05) is 18.2 Å². The number of aromatic nitrogens is 2. The predicted molar refractivity (Wildman–Crippen MR) is 103 cm³/mol. The fourth-order valence-electron chi connectivity index (χ4n) is 3.41. The number of anilines is 1. The molecule has 1 fully saturated rings. The summed E-state index contributed by atoms with van der Waals surface area (Å²) < 4.78 is 13.1. The van der Waals surface area contributed by atoms with Crippen molar-refractivity contribution < 1.29 is 9.18 Å². The van der Waals surface area contributed by atoms with Gasteiger partial charge in [-0.2, -0.15) is 5.10 Å². The van der Waals surface area contributed by atoms with E-state index < -0.39 is 0 Å². The number of carbonyl (C=O) groups excluding carboxylic acids is 1. The number of amides is 1. The van der Waals surface area contributed by atoms with Gasteiger partial charge in [0, 0.05) is 30.8 Å². The maximum atomic E-state index is 13.1. The Morgan fingerprint density at radius 1 is 1.15 bits per heavy atom. The lowest BCUT2D eigenvalue weighted by molar-refractivity contribution is 0.0933. The third-order valence-corrected chi connectivity index (χ3v) is 4.84. The Hall–Kier alpha value is -3.15. The highest BCUT2D eigenvalue weighted by atomic mass is 19.1. The van der Waals surface area contributed by atoms with Gasteiger partial charge in [0.2, 0.25) is 0 Å². The molecule has 0 aliphatic carbocycles. The van der Waals surface area contributed by atoms with Crippen LogP contribution in [-0.2, 0) is 0 Å². The van der Waals surface area contributed by atoms with Crippen LogP contribution < -0.4 is 10.2 Å². The van der Waals surface area contributed by atoms with Crippen molar-refractivity contribution in [2.45, 2.75) is 18.9 Å². The molecular weight excluding hydrogens is 343 g/mol. The van der Waals surface area contributed by atoms with E-state index in [1.165, 1.54) is 12.1 Å². The summed E-state index contributed by atoms with van der Waals surface area (Å²) in [5.41, 5.74) is 2.41. The molecule has 2 aromatic carbocycles. The molecular formula is C21H21FN4O. The van der Waals surface area contributed by atoms with Gasteiger partial charge in [0.25, 0.3) is 5.91 Å². The Morgan fingerprint density at radius 2 is 1.93 bits per heavy atom. The van der Waals surface area contributed by atoms with E-state index in [9.17, 15) is 9.18 Å². The predicted octanol–water partition coefficient (Wildman–Crippen LogP) is 3.61. The molecule has 2 heterocycles. The third-order valence-electron chi connectivity index (χ3n) is 4.84. The second-order valence-corrected chi connectivity index (χ2v) is 6.77. The second kappa shape index (κ2) is 7.61. The molecule has 1 unspecified atom stereocenters. The Labute approximate surface area is 157 Å². The summed E-state index contributed by atoms with van der Waals surface area (Å²) in [6, 6.07) is 17.6. The first-order valence-electron chi connectivity index (χ1n) is 9.11. The minimum atomic E-state index is -0.258. The van der Waals surface area contributed by atoms with Crippen LogP contribution in [0.3, 0.4) is 0 Å². The lowest BCUT2D eigenvalue weighted by Crippen LogP contribution is -2.48. The molecule has 1 aromatic heterocycles. The molecule has 0 saturated carbocycles. The smallest absolute Gasteiger partial charge is 0.251 e. The molecule has 138 valence electrons. The summed E-state index contributed by atoms with van der Waals surface area (Å²) in [5, 5.41) is 10.5. The molecule has 3 aromatic rings. The van der Waals surface area contributed by atoms with Crippen LogP contribution in [-0.4, -0.2) is 35.2 Å². The first kappa shape index (κ1) is 17.3. The molecule has 5 nitrogen and oxygen atoms in total. The van der Waals surface area contributed by atoms with Crippen LogP contribution in [0.15, 0.2) is 60.7 Å². The third kappa shape index (κ3) is 4.00. The van der Waals surface area contributed by atoms with Gasteiger partial charge in [0.15, 0.2) is 5.82 Å². The normalized spacial score (nSPS) is 16.9. The van der Waals surface area contributed by atoms with Crippen LogP contribution in [0.5, 0.6) is 0 Å². The van der Waals surface area contributed by atoms with Crippen LogP contribution in [0, 0.1) is 5.82 Å². The molecule has 1 aliphatic heterocycles. The van der Waals surface area contributed by atoms with Gasteiger partial charge in [-0.15, -0.1) is 0 Å². The summed E-state index contributed by atoms with van der Waals surface area (Å²) in [6.07, 6.45) is 1.93. The van der Waals surface area contributed by atoms with Gasteiger partial charge in [-0.3, -0.25) is 9.89 Å². The molecule has 6 heteroatoms. The summed E-state index contributed by atoms with van der Waals surface area (Å²) >= 11 is 0. The Kier molecular flexibility index (Phi) is 4.87. The zero-order valence-electron chi connectivity index (χ0n) is 14.9. The van der Waals surface area contributed by atoms with E-state index in [0.717, 1.165) is 36.5 Å². The number of nitrogens with one attached hydrogen (secondary N) is 2. The highest BCUT2D eigenvalue weighted by Gasteiger charge is 2.23. The van der Waals surface area contributed by atoms with Crippen LogP contribution in [0.2, 0.25) is 0 Å². The minimum absolute atomic E-state index is 0.0449. The van der Waals surface area contributed by atoms with Gasteiger partial charge < -0.3 is 10.2 Å². The van der Waals surface area contributed by atoms with Gasteiger partial charge in [0.1, 0.15) is 5.82 Å². The fraction of sp³-hybridized carbons (Fsp3) is 0.238.